The molecule has 7 heteroatoms. The number of nitrogens with one attached hydrogen (secondary N) is 1. The first-order valence-corrected chi connectivity index (χ1v) is 8.17. The van der Waals surface area contributed by atoms with E-state index in [-0.39, 0.29) is 12.7 Å². The SMILES string of the molecule is CCOc1ccc(CNC(=O)c2cc(Cl)c3c(c2)OCO3)cc1OC. The highest BCUT2D eigenvalue weighted by Gasteiger charge is 2.20. The average Bonchev–Trinajstić information content (AvgIpc) is 3.10. The monoisotopic (exact) mass is 363 g/mol. The van der Waals surface area contributed by atoms with Gasteiger partial charge in [0.1, 0.15) is 0 Å². The van der Waals surface area contributed by atoms with Crippen molar-refractivity contribution in [3.8, 4) is 23.0 Å². The highest BCUT2D eigenvalue weighted by molar-refractivity contribution is 6.32. The van der Waals surface area contributed by atoms with E-state index in [4.69, 9.17) is 30.5 Å². The van der Waals surface area contributed by atoms with Crippen molar-refractivity contribution in [2.75, 3.05) is 20.5 Å². The second-order valence-electron chi connectivity index (χ2n) is 5.29. The summed E-state index contributed by atoms with van der Waals surface area (Å²) in [4.78, 5) is 12.4. The molecular formula is C18H18ClNO5. The number of carbonyl (C=O) groups is 1. The smallest absolute Gasteiger partial charge is 0.251 e. The summed E-state index contributed by atoms with van der Waals surface area (Å²) >= 11 is 6.11. The van der Waals surface area contributed by atoms with Crippen molar-refractivity contribution in [2.24, 2.45) is 0 Å². The summed E-state index contributed by atoms with van der Waals surface area (Å²) in [6.07, 6.45) is 0. The Kier molecular flexibility index (Phi) is 5.19. The summed E-state index contributed by atoms with van der Waals surface area (Å²) in [5, 5.41) is 3.20. The lowest BCUT2D eigenvalue weighted by molar-refractivity contribution is 0.0950. The zero-order valence-electron chi connectivity index (χ0n) is 13.9. The summed E-state index contributed by atoms with van der Waals surface area (Å²) in [5.74, 6) is 1.98. The van der Waals surface area contributed by atoms with E-state index in [1.165, 1.54) is 0 Å². The third kappa shape index (κ3) is 3.74. The maximum Gasteiger partial charge on any atom is 0.251 e. The fourth-order valence-electron chi connectivity index (χ4n) is 2.48. The normalized spacial score (nSPS) is 12.0. The first-order valence-electron chi connectivity index (χ1n) is 7.79. The molecule has 0 fully saturated rings. The number of hydrogen-bond acceptors (Lipinski definition) is 5. The maximum atomic E-state index is 12.4. The van der Waals surface area contributed by atoms with Crippen molar-refractivity contribution in [1.82, 2.24) is 5.32 Å². The molecule has 2 aromatic carbocycles. The number of halogens is 1. The van der Waals surface area contributed by atoms with Crippen LogP contribution in [-0.2, 0) is 6.54 Å². The summed E-state index contributed by atoms with van der Waals surface area (Å²) in [6, 6.07) is 8.70. The molecule has 0 radical (unpaired) electrons. The van der Waals surface area contributed by atoms with Crippen LogP contribution < -0.4 is 24.3 Å². The van der Waals surface area contributed by atoms with Gasteiger partial charge in [-0.1, -0.05) is 17.7 Å². The predicted molar refractivity (Wildman–Crippen MR) is 92.9 cm³/mol. The molecule has 0 spiro atoms. The zero-order valence-corrected chi connectivity index (χ0v) is 14.7. The molecule has 3 rings (SSSR count). The molecule has 0 aromatic heterocycles. The lowest BCUT2D eigenvalue weighted by Crippen LogP contribution is -2.22. The topological polar surface area (TPSA) is 66.0 Å². The molecule has 0 saturated heterocycles. The van der Waals surface area contributed by atoms with Gasteiger partial charge in [0, 0.05) is 12.1 Å². The molecule has 1 amide bonds. The Labute approximate surface area is 150 Å². The zero-order chi connectivity index (χ0) is 17.8. The van der Waals surface area contributed by atoms with E-state index in [9.17, 15) is 4.79 Å². The minimum absolute atomic E-state index is 0.103. The standard InChI is InChI=1S/C18H18ClNO5/c1-3-23-14-5-4-11(6-15(14)22-2)9-20-18(21)12-7-13(19)17-16(8-12)24-10-25-17/h4-8H,3,9-10H2,1-2H3,(H,20,21). The van der Waals surface area contributed by atoms with Crippen LogP contribution in [0.15, 0.2) is 30.3 Å². The van der Waals surface area contributed by atoms with Crippen molar-refractivity contribution in [3.63, 3.8) is 0 Å². The molecule has 132 valence electrons. The molecule has 1 N–H and O–H groups in total. The molecule has 6 nitrogen and oxygen atoms in total. The van der Waals surface area contributed by atoms with Crippen LogP contribution in [0.3, 0.4) is 0 Å². The molecule has 2 aromatic rings. The van der Waals surface area contributed by atoms with Crippen LogP contribution >= 0.6 is 11.6 Å². The summed E-state index contributed by atoms with van der Waals surface area (Å²) in [5.41, 5.74) is 1.30. The second kappa shape index (κ2) is 7.53. The number of carbonyl (C=O) groups excluding carboxylic acids is 1. The number of rotatable bonds is 6. The number of benzene rings is 2. The number of ether oxygens (including phenoxy) is 4. The van der Waals surface area contributed by atoms with Gasteiger partial charge in [0.2, 0.25) is 6.79 Å². The summed E-state index contributed by atoms with van der Waals surface area (Å²) in [7, 11) is 1.58. The first-order chi connectivity index (χ1) is 12.1. The first kappa shape index (κ1) is 17.2. The van der Waals surface area contributed by atoms with Gasteiger partial charge in [-0.25, -0.2) is 0 Å². The van der Waals surface area contributed by atoms with Crippen LogP contribution in [0.4, 0.5) is 0 Å². The highest BCUT2D eigenvalue weighted by Crippen LogP contribution is 2.39. The average molecular weight is 364 g/mol. The van der Waals surface area contributed by atoms with Gasteiger partial charge in [-0.15, -0.1) is 0 Å². The van der Waals surface area contributed by atoms with Crippen molar-refractivity contribution in [3.05, 3.63) is 46.5 Å². The minimum Gasteiger partial charge on any atom is -0.493 e. The lowest BCUT2D eigenvalue weighted by atomic mass is 10.1. The molecule has 1 aliphatic heterocycles. The number of fused-ring (bicyclic) bond motifs is 1. The molecule has 25 heavy (non-hydrogen) atoms. The summed E-state index contributed by atoms with van der Waals surface area (Å²) in [6.45, 7) is 2.90. The number of methoxy groups -OCH3 is 1. The van der Waals surface area contributed by atoms with Gasteiger partial charge in [-0.3, -0.25) is 4.79 Å². The Morgan fingerprint density at radius 1 is 1.24 bits per heavy atom. The fourth-order valence-corrected chi connectivity index (χ4v) is 2.74. The molecule has 0 unspecified atom stereocenters. The molecular weight excluding hydrogens is 346 g/mol. The molecule has 0 atom stereocenters. The van der Waals surface area contributed by atoms with E-state index in [0.29, 0.717) is 46.7 Å². The van der Waals surface area contributed by atoms with Crippen LogP contribution in [0, 0.1) is 0 Å². The van der Waals surface area contributed by atoms with E-state index in [0.717, 1.165) is 5.56 Å². The Morgan fingerprint density at radius 2 is 2.08 bits per heavy atom. The van der Waals surface area contributed by atoms with Crippen LogP contribution in [-0.4, -0.2) is 26.4 Å². The van der Waals surface area contributed by atoms with E-state index in [1.54, 1.807) is 19.2 Å². The van der Waals surface area contributed by atoms with Gasteiger partial charge in [0.15, 0.2) is 23.0 Å². The van der Waals surface area contributed by atoms with E-state index >= 15 is 0 Å². The quantitative estimate of drug-likeness (QED) is 0.852. The molecule has 1 aliphatic rings. The van der Waals surface area contributed by atoms with E-state index < -0.39 is 0 Å². The number of amides is 1. The van der Waals surface area contributed by atoms with Gasteiger partial charge >= 0.3 is 0 Å². The van der Waals surface area contributed by atoms with Crippen LogP contribution in [0.1, 0.15) is 22.8 Å². The molecule has 0 bridgehead atoms. The third-order valence-corrected chi connectivity index (χ3v) is 3.95. The molecule has 1 heterocycles. The van der Waals surface area contributed by atoms with Gasteiger partial charge in [-0.2, -0.15) is 0 Å². The predicted octanol–water partition coefficient (Wildman–Crippen LogP) is 3.41. The lowest BCUT2D eigenvalue weighted by Gasteiger charge is -2.12. The van der Waals surface area contributed by atoms with E-state index in [2.05, 4.69) is 5.32 Å². The maximum absolute atomic E-state index is 12.4. The largest absolute Gasteiger partial charge is 0.493 e. The van der Waals surface area contributed by atoms with Gasteiger partial charge < -0.3 is 24.3 Å². The van der Waals surface area contributed by atoms with Crippen molar-refractivity contribution >= 4 is 17.5 Å². The Hall–Kier alpha value is -2.60. The highest BCUT2D eigenvalue weighted by atomic mass is 35.5. The Balaban J connectivity index is 1.69. The Morgan fingerprint density at radius 3 is 2.84 bits per heavy atom. The third-order valence-electron chi connectivity index (χ3n) is 3.67. The molecule has 0 aliphatic carbocycles. The van der Waals surface area contributed by atoms with Crippen LogP contribution in [0.5, 0.6) is 23.0 Å². The van der Waals surface area contributed by atoms with Gasteiger partial charge in [0.05, 0.1) is 18.7 Å². The summed E-state index contributed by atoms with van der Waals surface area (Å²) < 4.78 is 21.3. The number of hydrogen-bond donors (Lipinski definition) is 1. The Bertz CT molecular complexity index is 793. The van der Waals surface area contributed by atoms with Gasteiger partial charge in [0.25, 0.3) is 5.91 Å². The molecule has 0 saturated carbocycles. The fraction of sp³-hybridized carbons (Fsp3) is 0.278. The van der Waals surface area contributed by atoms with Crippen molar-refractivity contribution in [1.29, 1.82) is 0 Å². The van der Waals surface area contributed by atoms with Crippen molar-refractivity contribution in [2.45, 2.75) is 13.5 Å². The minimum atomic E-state index is -0.256. The van der Waals surface area contributed by atoms with Crippen LogP contribution in [0.25, 0.3) is 0 Å². The van der Waals surface area contributed by atoms with Crippen LogP contribution in [0.2, 0.25) is 5.02 Å². The van der Waals surface area contributed by atoms with Gasteiger partial charge in [-0.05, 0) is 36.8 Å². The van der Waals surface area contributed by atoms with E-state index in [1.807, 2.05) is 25.1 Å². The second-order valence-corrected chi connectivity index (χ2v) is 5.70. The van der Waals surface area contributed by atoms with Crippen molar-refractivity contribution < 1.29 is 23.7 Å².